The second-order valence-corrected chi connectivity index (χ2v) is 7.23. The van der Waals surface area contributed by atoms with E-state index in [4.69, 9.17) is 4.74 Å². The van der Waals surface area contributed by atoms with E-state index in [-0.39, 0.29) is 6.09 Å². The lowest BCUT2D eigenvalue weighted by Gasteiger charge is -2.41. The van der Waals surface area contributed by atoms with Gasteiger partial charge in [0.2, 0.25) is 0 Å². The van der Waals surface area contributed by atoms with E-state index in [1.807, 2.05) is 32.7 Å². The molecule has 1 N–H and O–H groups in total. The average molecular weight is 268 g/mol. The van der Waals surface area contributed by atoms with E-state index in [0.29, 0.717) is 11.5 Å². The third-order valence-electron chi connectivity index (χ3n) is 4.42. The number of ether oxygens (including phenoxy) is 1. The van der Waals surface area contributed by atoms with Crippen molar-refractivity contribution in [2.45, 2.75) is 64.5 Å². The van der Waals surface area contributed by atoms with Gasteiger partial charge in [-0.05, 0) is 65.3 Å². The molecule has 1 aliphatic heterocycles. The summed E-state index contributed by atoms with van der Waals surface area (Å²) in [6, 6.07) is 0.624. The number of rotatable bonds is 1. The largest absolute Gasteiger partial charge is 0.444 e. The van der Waals surface area contributed by atoms with E-state index >= 15 is 0 Å². The molecule has 2 rings (SSSR count). The number of likely N-dealkylation sites (tertiary alicyclic amines) is 1. The molecule has 19 heavy (non-hydrogen) atoms. The first-order valence-electron chi connectivity index (χ1n) is 7.49. The van der Waals surface area contributed by atoms with Crippen LogP contribution in [0.1, 0.15) is 52.9 Å². The van der Waals surface area contributed by atoms with Crippen molar-refractivity contribution in [3.63, 3.8) is 0 Å². The molecule has 1 aliphatic carbocycles. The Morgan fingerprint density at radius 1 is 1.37 bits per heavy atom. The zero-order chi connectivity index (χ0) is 14.1. The fourth-order valence-electron chi connectivity index (χ4n) is 3.51. The Labute approximate surface area is 116 Å². The van der Waals surface area contributed by atoms with Crippen LogP contribution < -0.4 is 5.32 Å². The number of hydrogen-bond donors (Lipinski definition) is 1. The highest BCUT2D eigenvalue weighted by Gasteiger charge is 2.43. The first kappa shape index (κ1) is 14.6. The molecule has 1 spiro atoms. The molecule has 2 unspecified atom stereocenters. The highest BCUT2D eigenvalue weighted by molar-refractivity contribution is 5.68. The highest BCUT2D eigenvalue weighted by atomic mass is 16.6. The summed E-state index contributed by atoms with van der Waals surface area (Å²) in [6.45, 7) is 7.51. The fourth-order valence-corrected chi connectivity index (χ4v) is 3.51. The molecule has 110 valence electrons. The molecule has 0 aromatic rings. The molecule has 2 atom stereocenters. The van der Waals surface area contributed by atoms with Gasteiger partial charge in [-0.1, -0.05) is 0 Å². The maximum Gasteiger partial charge on any atom is 0.410 e. The van der Waals surface area contributed by atoms with Gasteiger partial charge in [-0.15, -0.1) is 0 Å². The molecule has 1 heterocycles. The molecule has 0 aromatic heterocycles. The number of hydrogen-bond acceptors (Lipinski definition) is 3. The first-order chi connectivity index (χ1) is 8.84. The zero-order valence-corrected chi connectivity index (χ0v) is 12.8. The molecular formula is C15H28N2O2. The monoisotopic (exact) mass is 268 g/mol. The van der Waals surface area contributed by atoms with Crippen molar-refractivity contribution >= 4 is 6.09 Å². The second-order valence-electron chi connectivity index (χ2n) is 7.23. The van der Waals surface area contributed by atoms with Crippen LogP contribution >= 0.6 is 0 Å². The van der Waals surface area contributed by atoms with Gasteiger partial charge in [-0.3, -0.25) is 0 Å². The molecule has 2 fully saturated rings. The molecule has 4 nitrogen and oxygen atoms in total. The van der Waals surface area contributed by atoms with Crippen LogP contribution in [0.25, 0.3) is 0 Å². The van der Waals surface area contributed by atoms with Crippen molar-refractivity contribution in [2.75, 3.05) is 20.1 Å². The lowest BCUT2D eigenvalue weighted by molar-refractivity contribution is 0.00466. The van der Waals surface area contributed by atoms with Gasteiger partial charge in [0.25, 0.3) is 0 Å². The normalized spacial score (nSPS) is 31.8. The quantitative estimate of drug-likeness (QED) is 0.795. The number of carbonyl (C=O) groups is 1. The summed E-state index contributed by atoms with van der Waals surface area (Å²) in [6.07, 6.45) is 5.89. The topological polar surface area (TPSA) is 41.6 Å². The summed E-state index contributed by atoms with van der Waals surface area (Å²) in [5.41, 5.74) is -0.0618. The Bertz CT molecular complexity index is 338. The van der Waals surface area contributed by atoms with Crippen LogP contribution in [0.4, 0.5) is 4.79 Å². The molecule has 1 saturated carbocycles. The molecule has 4 heteroatoms. The standard InChI is InChI=1S/C15H28N2O2/c1-14(2,3)19-13(18)17-9-5-7-15(11-17)8-6-12(10-15)16-4/h12,16H,5-11H2,1-4H3. The maximum atomic E-state index is 12.2. The Morgan fingerprint density at radius 3 is 2.68 bits per heavy atom. The minimum atomic E-state index is -0.398. The minimum Gasteiger partial charge on any atom is -0.444 e. The van der Waals surface area contributed by atoms with Crippen LogP contribution in [0.5, 0.6) is 0 Å². The predicted octanol–water partition coefficient (Wildman–Crippen LogP) is 2.78. The van der Waals surface area contributed by atoms with Crippen LogP contribution in [0, 0.1) is 5.41 Å². The second kappa shape index (κ2) is 5.31. The smallest absolute Gasteiger partial charge is 0.410 e. The van der Waals surface area contributed by atoms with Crippen molar-refractivity contribution in [1.82, 2.24) is 10.2 Å². The Balaban J connectivity index is 1.96. The van der Waals surface area contributed by atoms with Crippen molar-refractivity contribution in [3.8, 4) is 0 Å². The van der Waals surface area contributed by atoms with Crippen LogP contribution in [-0.4, -0.2) is 42.8 Å². The first-order valence-corrected chi connectivity index (χ1v) is 7.49. The zero-order valence-electron chi connectivity index (χ0n) is 12.8. The Hall–Kier alpha value is -0.770. The van der Waals surface area contributed by atoms with Crippen LogP contribution in [0.3, 0.4) is 0 Å². The summed E-state index contributed by atoms with van der Waals surface area (Å²) in [7, 11) is 2.04. The van der Waals surface area contributed by atoms with Gasteiger partial charge >= 0.3 is 6.09 Å². The van der Waals surface area contributed by atoms with Gasteiger partial charge in [0.15, 0.2) is 0 Å². The van der Waals surface area contributed by atoms with E-state index in [1.54, 1.807) is 0 Å². The predicted molar refractivity (Wildman–Crippen MR) is 76.2 cm³/mol. The third kappa shape index (κ3) is 3.62. The van der Waals surface area contributed by atoms with Gasteiger partial charge in [-0.25, -0.2) is 4.79 Å². The molecule has 0 bridgehead atoms. The maximum absolute atomic E-state index is 12.2. The molecule has 1 saturated heterocycles. The van der Waals surface area contributed by atoms with Crippen LogP contribution in [0.2, 0.25) is 0 Å². The van der Waals surface area contributed by atoms with Gasteiger partial charge in [0.1, 0.15) is 5.60 Å². The van der Waals surface area contributed by atoms with Crippen molar-refractivity contribution in [2.24, 2.45) is 5.41 Å². The number of amides is 1. The van der Waals surface area contributed by atoms with Crippen LogP contribution in [0.15, 0.2) is 0 Å². The summed E-state index contributed by atoms with van der Waals surface area (Å²) in [5.74, 6) is 0. The molecule has 0 aromatic carbocycles. The van der Waals surface area contributed by atoms with Gasteiger partial charge in [-0.2, -0.15) is 0 Å². The van der Waals surface area contributed by atoms with E-state index < -0.39 is 5.60 Å². The number of nitrogens with zero attached hydrogens (tertiary/aromatic N) is 1. The summed E-state index contributed by atoms with van der Waals surface area (Å²) >= 11 is 0. The van der Waals surface area contributed by atoms with Gasteiger partial charge < -0.3 is 15.0 Å². The minimum absolute atomic E-state index is 0.139. The lowest BCUT2D eigenvalue weighted by atomic mass is 9.78. The lowest BCUT2D eigenvalue weighted by Crippen LogP contribution is -2.47. The number of carbonyl (C=O) groups excluding carboxylic acids is 1. The number of piperidine rings is 1. The van der Waals surface area contributed by atoms with Gasteiger partial charge in [0.05, 0.1) is 0 Å². The van der Waals surface area contributed by atoms with E-state index in [9.17, 15) is 4.79 Å². The summed E-state index contributed by atoms with van der Waals surface area (Å²) < 4.78 is 5.50. The van der Waals surface area contributed by atoms with Gasteiger partial charge in [0, 0.05) is 19.1 Å². The molecular weight excluding hydrogens is 240 g/mol. The van der Waals surface area contributed by atoms with Crippen LogP contribution in [-0.2, 0) is 4.74 Å². The number of nitrogens with one attached hydrogen (secondary N) is 1. The van der Waals surface area contributed by atoms with Crippen molar-refractivity contribution in [3.05, 3.63) is 0 Å². The van der Waals surface area contributed by atoms with E-state index in [1.165, 1.54) is 25.7 Å². The Kier molecular flexibility index (Phi) is 4.09. The summed E-state index contributed by atoms with van der Waals surface area (Å²) in [4.78, 5) is 14.1. The van der Waals surface area contributed by atoms with Crippen molar-refractivity contribution in [1.29, 1.82) is 0 Å². The third-order valence-corrected chi connectivity index (χ3v) is 4.42. The molecule has 1 amide bonds. The molecule has 2 aliphatic rings. The highest BCUT2D eigenvalue weighted by Crippen LogP contribution is 2.45. The van der Waals surface area contributed by atoms with E-state index in [0.717, 1.165) is 19.5 Å². The molecule has 0 radical (unpaired) electrons. The Morgan fingerprint density at radius 2 is 2.11 bits per heavy atom. The fraction of sp³-hybridized carbons (Fsp3) is 0.933. The van der Waals surface area contributed by atoms with E-state index in [2.05, 4.69) is 5.32 Å². The SMILES string of the molecule is CNC1CCC2(CCCN(C(=O)OC(C)(C)C)C2)C1. The summed E-state index contributed by atoms with van der Waals surface area (Å²) in [5, 5.41) is 3.38. The van der Waals surface area contributed by atoms with Crippen molar-refractivity contribution < 1.29 is 9.53 Å². The average Bonchev–Trinajstić information content (AvgIpc) is 2.70.